The number of aromatic nitrogens is 2. The normalized spacial score (nSPS) is 10.9. The van der Waals surface area contributed by atoms with Crippen LogP contribution in [-0.4, -0.2) is 34.5 Å². The predicted molar refractivity (Wildman–Crippen MR) is 119 cm³/mol. The maximum atomic E-state index is 12.7. The lowest BCUT2D eigenvalue weighted by atomic mass is 10.2. The molecule has 10 nitrogen and oxygen atoms in total. The van der Waals surface area contributed by atoms with Crippen LogP contribution in [0.25, 0.3) is 0 Å². The third-order valence-electron chi connectivity index (χ3n) is 4.38. The standard InChI is InChI=1S/C19H28N6O4S/c1-4-5-7-24(10-13(26)22-18-12(16(21)27)6-8-30-18)14-15(20)25(9-11(2)3)19(29)23-17(14)28/h6,8,11H,4-5,7,9-10,20H2,1-3H3,(H2,21,27)(H,22,26)(H,23,28,29). The number of nitrogen functional groups attached to an aromatic ring is 1. The molecule has 2 aromatic heterocycles. The molecule has 0 spiro atoms. The van der Waals surface area contributed by atoms with Gasteiger partial charge in [0.25, 0.3) is 11.5 Å². The first-order chi connectivity index (χ1) is 14.1. The second-order valence-corrected chi connectivity index (χ2v) is 8.26. The smallest absolute Gasteiger partial charge is 0.330 e. The van der Waals surface area contributed by atoms with E-state index in [4.69, 9.17) is 11.5 Å². The lowest BCUT2D eigenvalue weighted by molar-refractivity contribution is -0.115. The average molecular weight is 437 g/mol. The summed E-state index contributed by atoms with van der Waals surface area (Å²) in [6, 6.07) is 1.53. The van der Waals surface area contributed by atoms with Crippen LogP contribution in [0, 0.1) is 5.92 Å². The van der Waals surface area contributed by atoms with Crippen LogP contribution in [0.15, 0.2) is 21.0 Å². The number of nitrogens with zero attached hydrogens (tertiary/aromatic N) is 2. The van der Waals surface area contributed by atoms with Gasteiger partial charge in [-0.25, -0.2) is 4.79 Å². The Morgan fingerprint density at radius 3 is 2.63 bits per heavy atom. The molecular formula is C19H28N6O4S. The van der Waals surface area contributed by atoms with Crippen LogP contribution in [0.4, 0.5) is 16.5 Å². The zero-order valence-electron chi connectivity index (χ0n) is 17.4. The van der Waals surface area contributed by atoms with E-state index in [0.29, 0.717) is 24.5 Å². The summed E-state index contributed by atoms with van der Waals surface area (Å²) in [6.07, 6.45) is 1.54. The summed E-state index contributed by atoms with van der Waals surface area (Å²) in [5, 5.41) is 4.65. The molecule has 0 radical (unpaired) electrons. The van der Waals surface area contributed by atoms with Gasteiger partial charge in [-0.2, -0.15) is 0 Å². The summed E-state index contributed by atoms with van der Waals surface area (Å²) in [7, 11) is 0. The number of H-pyrrole nitrogens is 1. The molecule has 11 heteroatoms. The number of carbonyl (C=O) groups is 2. The van der Waals surface area contributed by atoms with Crippen LogP contribution in [0.2, 0.25) is 0 Å². The Bertz CT molecular complexity index is 1020. The molecule has 0 aliphatic carbocycles. The van der Waals surface area contributed by atoms with Gasteiger partial charge in [-0.1, -0.05) is 27.2 Å². The molecular weight excluding hydrogens is 408 g/mol. The molecule has 0 atom stereocenters. The van der Waals surface area contributed by atoms with Crippen molar-refractivity contribution in [2.45, 2.75) is 40.2 Å². The van der Waals surface area contributed by atoms with Gasteiger partial charge in [0.2, 0.25) is 5.91 Å². The highest BCUT2D eigenvalue weighted by atomic mass is 32.1. The quantitative estimate of drug-likeness (QED) is 0.438. The minimum absolute atomic E-state index is 0.0234. The molecule has 0 aliphatic heterocycles. The molecule has 0 saturated heterocycles. The Kier molecular flexibility index (Phi) is 7.81. The topological polar surface area (TPSA) is 156 Å². The van der Waals surface area contributed by atoms with Crippen LogP contribution in [0.5, 0.6) is 0 Å². The Balaban J connectivity index is 2.37. The van der Waals surface area contributed by atoms with Crippen molar-refractivity contribution in [1.82, 2.24) is 9.55 Å². The van der Waals surface area contributed by atoms with Gasteiger partial charge in [-0.3, -0.25) is 23.9 Å². The van der Waals surface area contributed by atoms with E-state index in [0.717, 1.165) is 6.42 Å². The first kappa shape index (κ1) is 23.2. The number of thiophene rings is 1. The van der Waals surface area contributed by atoms with E-state index in [-0.39, 0.29) is 29.5 Å². The van der Waals surface area contributed by atoms with Crippen molar-refractivity contribution in [3.8, 4) is 0 Å². The van der Waals surface area contributed by atoms with Crippen molar-refractivity contribution < 1.29 is 9.59 Å². The first-order valence-corrected chi connectivity index (χ1v) is 10.6. The lowest BCUT2D eigenvalue weighted by Gasteiger charge is -2.26. The molecule has 2 amide bonds. The molecule has 2 heterocycles. The Morgan fingerprint density at radius 1 is 1.33 bits per heavy atom. The van der Waals surface area contributed by atoms with Gasteiger partial charge < -0.3 is 21.7 Å². The number of primary amides is 1. The number of rotatable bonds is 10. The second kappa shape index (κ2) is 10.1. The zero-order chi connectivity index (χ0) is 22.4. The van der Waals surface area contributed by atoms with Gasteiger partial charge >= 0.3 is 5.69 Å². The summed E-state index contributed by atoms with van der Waals surface area (Å²) in [6.45, 7) is 6.38. The van der Waals surface area contributed by atoms with E-state index in [1.54, 1.807) is 10.3 Å². The van der Waals surface area contributed by atoms with Crippen LogP contribution in [0.3, 0.4) is 0 Å². The van der Waals surface area contributed by atoms with E-state index < -0.39 is 23.1 Å². The highest BCUT2D eigenvalue weighted by molar-refractivity contribution is 7.14. The number of hydrogen-bond acceptors (Lipinski definition) is 7. The van der Waals surface area contributed by atoms with E-state index in [1.807, 2.05) is 20.8 Å². The molecule has 164 valence electrons. The van der Waals surface area contributed by atoms with Crippen LogP contribution >= 0.6 is 11.3 Å². The van der Waals surface area contributed by atoms with Gasteiger partial charge in [-0.15, -0.1) is 11.3 Å². The maximum absolute atomic E-state index is 12.7. The third kappa shape index (κ3) is 5.50. The minimum Gasteiger partial charge on any atom is -0.383 e. The second-order valence-electron chi connectivity index (χ2n) is 7.35. The maximum Gasteiger partial charge on any atom is 0.330 e. The molecule has 0 aliphatic rings. The van der Waals surface area contributed by atoms with Crippen molar-refractivity contribution >= 4 is 39.7 Å². The number of anilines is 3. The van der Waals surface area contributed by atoms with Gasteiger partial charge in [0.15, 0.2) is 0 Å². The molecule has 2 rings (SSSR count). The fourth-order valence-corrected chi connectivity index (χ4v) is 3.80. The number of nitrogens with two attached hydrogens (primary N) is 2. The lowest BCUT2D eigenvalue weighted by Crippen LogP contribution is -2.42. The molecule has 0 bridgehead atoms. The first-order valence-electron chi connectivity index (χ1n) is 9.70. The summed E-state index contributed by atoms with van der Waals surface area (Å²) in [5.41, 5.74) is 10.6. The van der Waals surface area contributed by atoms with Crippen molar-refractivity contribution in [3.05, 3.63) is 37.8 Å². The third-order valence-corrected chi connectivity index (χ3v) is 5.21. The summed E-state index contributed by atoms with van der Waals surface area (Å²) >= 11 is 1.18. The highest BCUT2D eigenvalue weighted by Gasteiger charge is 2.22. The van der Waals surface area contributed by atoms with Crippen LogP contribution in [0.1, 0.15) is 44.0 Å². The number of amides is 2. The molecule has 6 N–H and O–H groups in total. The number of unbranched alkanes of at least 4 members (excludes halogenated alkanes) is 1. The SMILES string of the molecule is CCCCN(CC(=O)Nc1sccc1C(N)=O)c1c(N)n(CC(C)C)c(=O)[nH]c1=O. The molecule has 0 aromatic carbocycles. The minimum atomic E-state index is -0.643. The number of aromatic amines is 1. The van der Waals surface area contributed by atoms with E-state index in [1.165, 1.54) is 22.0 Å². The number of nitrogens with one attached hydrogen (secondary N) is 2. The Labute approximate surface area is 177 Å². The van der Waals surface area contributed by atoms with E-state index in [2.05, 4.69) is 10.3 Å². The van der Waals surface area contributed by atoms with Crippen LogP contribution in [-0.2, 0) is 11.3 Å². The van der Waals surface area contributed by atoms with Crippen molar-refractivity contribution in [2.75, 3.05) is 29.0 Å². The Morgan fingerprint density at radius 2 is 2.03 bits per heavy atom. The van der Waals surface area contributed by atoms with Crippen molar-refractivity contribution in [2.24, 2.45) is 11.7 Å². The van der Waals surface area contributed by atoms with Crippen molar-refractivity contribution in [1.29, 1.82) is 0 Å². The molecule has 30 heavy (non-hydrogen) atoms. The molecule has 0 unspecified atom stereocenters. The zero-order valence-corrected chi connectivity index (χ0v) is 18.2. The summed E-state index contributed by atoms with van der Waals surface area (Å²) in [4.78, 5) is 52.8. The molecule has 0 saturated carbocycles. The van der Waals surface area contributed by atoms with Crippen LogP contribution < -0.4 is 32.9 Å². The fourth-order valence-electron chi connectivity index (χ4n) is 2.99. The van der Waals surface area contributed by atoms with Crippen molar-refractivity contribution in [3.63, 3.8) is 0 Å². The average Bonchev–Trinajstić information content (AvgIpc) is 3.10. The fraction of sp³-hybridized carbons (Fsp3) is 0.474. The van der Waals surface area contributed by atoms with E-state index in [9.17, 15) is 19.2 Å². The number of hydrogen-bond donors (Lipinski definition) is 4. The van der Waals surface area contributed by atoms with Gasteiger partial charge in [0, 0.05) is 13.1 Å². The highest BCUT2D eigenvalue weighted by Crippen LogP contribution is 2.23. The van der Waals surface area contributed by atoms with E-state index >= 15 is 0 Å². The Hall–Kier alpha value is -3.08. The van der Waals surface area contributed by atoms with Gasteiger partial charge in [-0.05, 0) is 23.8 Å². The predicted octanol–water partition coefficient (Wildman–Crippen LogP) is 1.18. The summed E-state index contributed by atoms with van der Waals surface area (Å²) in [5.74, 6) is -0.926. The summed E-state index contributed by atoms with van der Waals surface area (Å²) < 4.78 is 1.31. The largest absolute Gasteiger partial charge is 0.383 e. The van der Waals surface area contributed by atoms with Gasteiger partial charge in [0.05, 0.1) is 12.1 Å². The monoisotopic (exact) mass is 436 g/mol. The number of carbonyl (C=O) groups excluding carboxylic acids is 2. The molecule has 0 fully saturated rings. The van der Waals surface area contributed by atoms with Gasteiger partial charge in [0.1, 0.15) is 16.5 Å². The molecule has 2 aromatic rings.